The van der Waals surface area contributed by atoms with E-state index in [1.807, 2.05) is 43.3 Å². The van der Waals surface area contributed by atoms with Gasteiger partial charge < -0.3 is 15.1 Å². The molecule has 2 aliphatic heterocycles. The van der Waals surface area contributed by atoms with E-state index in [4.69, 9.17) is 9.97 Å². The van der Waals surface area contributed by atoms with Gasteiger partial charge in [-0.3, -0.25) is 5.10 Å². The fourth-order valence-corrected chi connectivity index (χ4v) is 4.84. The summed E-state index contributed by atoms with van der Waals surface area (Å²) in [5.41, 5.74) is 2.14. The fraction of sp³-hybridized carbons (Fsp3) is 0.423. The van der Waals surface area contributed by atoms with Gasteiger partial charge in [0, 0.05) is 37.0 Å². The summed E-state index contributed by atoms with van der Waals surface area (Å²) < 4.78 is 0. The summed E-state index contributed by atoms with van der Waals surface area (Å²) in [6.07, 6.45) is 10.5. The lowest BCUT2D eigenvalue weighted by molar-refractivity contribution is 0.141. The first-order valence-electron chi connectivity index (χ1n) is 12.1. The summed E-state index contributed by atoms with van der Waals surface area (Å²) in [5, 5.41) is 10.6. The van der Waals surface area contributed by atoms with Crippen LogP contribution in [0, 0.1) is 6.92 Å². The summed E-state index contributed by atoms with van der Waals surface area (Å²) in [6, 6.07) is 15.0. The molecule has 172 valence electrons. The lowest BCUT2D eigenvalue weighted by Crippen LogP contribution is -2.47. The third-order valence-corrected chi connectivity index (χ3v) is 6.61. The molecule has 2 saturated heterocycles. The van der Waals surface area contributed by atoms with Crippen molar-refractivity contribution in [2.24, 2.45) is 0 Å². The van der Waals surface area contributed by atoms with Gasteiger partial charge in [0.1, 0.15) is 11.6 Å². The highest BCUT2D eigenvalue weighted by atomic mass is 15.3. The number of likely N-dealkylation sites (tertiary alicyclic amines) is 1. The van der Waals surface area contributed by atoms with Crippen molar-refractivity contribution in [3.05, 3.63) is 59.5 Å². The van der Waals surface area contributed by atoms with Crippen molar-refractivity contribution in [2.45, 2.75) is 45.1 Å². The zero-order chi connectivity index (χ0) is 22.5. The number of aryl methyl sites for hydroxylation is 1. The van der Waals surface area contributed by atoms with Crippen molar-refractivity contribution < 1.29 is 0 Å². The molecule has 0 bridgehead atoms. The molecule has 0 spiro atoms. The van der Waals surface area contributed by atoms with Gasteiger partial charge in [0.2, 0.25) is 0 Å². The highest BCUT2D eigenvalue weighted by molar-refractivity contribution is 5.69. The fourth-order valence-electron chi connectivity index (χ4n) is 4.84. The van der Waals surface area contributed by atoms with Crippen LogP contribution in [0.4, 0.5) is 17.5 Å². The molecule has 33 heavy (non-hydrogen) atoms. The second-order valence-corrected chi connectivity index (χ2v) is 9.09. The van der Waals surface area contributed by atoms with Crippen LogP contribution in [0.3, 0.4) is 0 Å². The monoisotopic (exact) mass is 443 g/mol. The van der Waals surface area contributed by atoms with E-state index in [2.05, 4.69) is 43.5 Å². The zero-order valence-electron chi connectivity index (χ0n) is 19.4. The van der Waals surface area contributed by atoms with Crippen molar-refractivity contribution >= 4 is 29.6 Å². The van der Waals surface area contributed by atoms with Gasteiger partial charge in [-0.05, 0) is 57.3 Å². The van der Waals surface area contributed by atoms with Crippen LogP contribution in [-0.4, -0.2) is 57.3 Å². The Bertz CT molecular complexity index is 1060. The van der Waals surface area contributed by atoms with Gasteiger partial charge in [-0.1, -0.05) is 42.8 Å². The van der Waals surface area contributed by atoms with Gasteiger partial charge >= 0.3 is 0 Å². The molecule has 4 heterocycles. The quantitative estimate of drug-likeness (QED) is 0.566. The molecule has 2 N–H and O–H groups in total. The van der Waals surface area contributed by atoms with E-state index >= 15 is 0 Å². The minimum atomic E-state index is 0.698. The van der Waals surface area contributed by atoms with Crippen LogP contribution >= 0.6 is 0 Å². The summed E-state index contributed by atoms with van der Waals surface area (Å²) in [7, 11) is 0. The summed E-state index contributed by atoms with van der Waals surface area (Å²) >= 11 is 0. The topological polar surface area (TPSA) is 73.0 Å². The predicted molar refractivity (Wildman–Crippen MR) is 135 cm³/mol. The van der Waals surface area contributed by atoms with Crippen LogP contribution in [0.25, 0.3) is 12.2 Å². The lowest BCUT2D eigenvalue weighted by atomic mass is 10.00. The predicted octanol–water partition coefficient (Wildman–Crippen LogP) is 4.88. The molecule has 2 aromatic heterocycles. The number of rotatable bonds is 6. The Morgan fingerprint density at radius 1 is 0.909 bits per heavy atom. The van der Waals surface area contributed by atoms with Crippen LogP contribution in [0.5, 0.6) is 0 Å². The third kappa shape index (κ3) is 5.60. The van der Waals surface area contributed by atoms with Gasteiger partial charge in [0.25, 0.3) is 0 Å². The zero-order valence-corrected chi connectivity index (χ0v) is 19.4. The maximum atomic E-state index is 4.90. The van der Waals surface area contributed by atoms with E-state index in [0.717, 1.165) is 41.8 Å². The van der Waals surface area contributed by atoms with Crippen molar-refractivity contribution in [2.75, 3.05) is 36.4 Å². The van der Waals surface area contributed by atoms with Crippen molar-refractivity contribution in [3.8, 4) is 0 Å². The van der Waals surface area contributed by atoms with E-state index in [0.29, 0.717) is 11.9 Å². The van der Waals surface area contributed by atoms with Crippen LogP contribution in [-0.2, 0) is 0 Å². The largest absolute Gasteiger partial charge is 0.356 e. The van der Waals surface area contributed by atoms with E-state index in [1.165, 1.54) is 45.2 Å². The van der Waals surface area contributed by atoms with Crippen LogP contribution in [0.2, 0.25) is 0 Å². The molecule has 5 rings (SSSR count). The van der Waals surface area contributed by atoms with Gasteiger partial charge in [0.05, 0.1) is 0 Å². The minimum absolute atomic E-state index is 0.698. The number of anilines is 3. The number of benzene rings is 1. The normalized spacial score (nSPS) is 18.2. The number of nitrogens with zero attached hydrogens (tertiary/aromatic N) is 5. The number of hydrogen-bond acceptors (Lipinski definition) is 6. The van der Waals surface area contributed by atoms with Crippen LogP contribution < -0.4 is 10.2 Å². The highest BCUT2D eigenvalue weighted by Crippen LogP contribution is 2.26. The molecule has 0 unspecified atom stereocenters. The van der Waals surface area contributed by atoms with E-state index < -0.39 is 0 Å². The molecule has 0 aliphatic carbocycles. The van der Waals surface area contributed by atoms with Crippen molar-refractivity contribution in [1.82, 2.24) is 25.1 Å². The van der Waals surface area contributed by atoms with E-state index in [9.17, 15) is 0 Å². The Balaban J connectivity index is 1.35. The van der Waals surface area contributed by atoms with Gasteiger partial charge in [0.15, 0.2) is 11.6 Å². The van der Waals surface area contributed by atoms with Gasteiger partial charge in [-0.15, -0.1) is 0 Å². The second-order valence-electron chi connectivity index (χ2n) is 9.09. The Kier molecular flexibility index (Phi) is 6.67. The molecule has 2 fully saturated rings. The molecule has 0 radical (unpaired) electrons. The van der Waals surface area contributed by atoms with Crippen LogP contribution in [0.15, 0.2) is 42.5 Å². The number of H-pyrrole nitrogens is 1. The first-order valence-corrected chi connectivity index (χ1v) is 12.1. The summed E-state index contributed by atoms with van der Waals surface area (Å²) in [4.78, 5) is 14.8. The number of aromatic nitrogens is 4. The Labute approximate surface area is 195 Å². The molecule has 7 nitrogen and oxygen atoms in total. The molecule has 1 aromatic carbocycles. The number of piperidine rings is 2. The second kappa shape index (κ2) is 10.2. The summed E-state index contributed by atoms with van der Waals surface area (Å²) in [5.74, 6) is 3.20. The van der Waals surface area contributed by atoms with Crippen molar-refractivity contribution in [1.29, 1.82) is 0 Å². The van der Waals surface area contributed by atoms with Crippen molar-refractivity contribution in [3.63, 3.8) is 0 Å². The molecular formula is C26H33N7. The Hall–Kier alpha value is -3.19. The maximum Gasteiger partial charge on any atom is 0.156 e. The average Bonchev–Trinajstić information content (AvgIpc) is 3.28. The van der Waals surface area contributed by atoms with E-state index in [-0.39, 0.29) is 0 Å². The molecule has 0 amide bonds. The number of hydrogen-bond donors (Lipinski definition) is 2. The third-order valence-electron chi connectivity index (χ3n) is 6.61. The number of nitrogens with one attached hydrogen (secondary N) is 2. The minimum Gasteiger partial charge on any atom is -0.356 e. The molecule has 3 aromatic rings. The standard InChI is InChI=1S/C26H33N7/c1-20-18-25(31-30-20)28-24-19-26(29-23(27-24)11-10-21-8-4-2-5-9-21)33-16-12-22(13-17-33)32-14-6-3-7-15-32/h2,4-5,8-11,18-19,22H,3,6-7,12-17H2,1H3,(H2,27,28,29,30,31). The molecule has 0 saturated carbocycles. The molecule has 0 atom stereocenters. The molecule has 2 aliphatic rings. The smallest absolute Gasteiger partial charge is 0.156 e. The Morgan fingerprint density at radius 3 is 2.42 bits per heavy atom. The first kappa shape index (κ1) is 21.6. The Morgan fingerprint density at radius 2 is 1.70 bits per heavy atom. The van der Waals surface area contributed by atoms with Gasteiger partial charge in [-0.25, -0.2) is 9.97 Å². The van der Waals surface area contributed by atoms with E-state index in [1.54, 1.807) is 0 Å². The first-order chi connectivity index (χ1) is 16.2. The van der Waals surface area contributed by atoms with Gasteiger partial charge in [-0.2, -0.15) is 5.10 Å². The summed E-state index contributed by atoms with van der Waals surface area (Å²) in [6.45, 7) is 6.58. The maximum absolute atomic E-state index is 4.90. The molecule has 7 heteroatoms. The average molecular weight is 444 g/mol. The van der Waals surface area contributed by atoms with Crippen LogP contribution in [0.1, 0.15) is 49.2 Å². The lowest BCUT2D eigenvalue weighted by Gasteiger charge is -2.40. The SMILES string of the molecule is Cc1cc(Nc2cc(N3CCC(N4CCCCC4)CC3)nc(C=Cc3ccccc3)n2)n[nH]1. The molecular weight excluding hydrogens is 410 g/mol. The highest BCUT2D eigenvalue weighted by Gasteiger charge is 2.26. The number of aromatic amines is 1.